The smallest absolute Gasteiger partial charge is 0.235 e. The van der Waals surface area contributed by atoms with Crippen molar-refractivity contribution >= 4 is 23.2 Å². The predicted molar refractivity (Wildman–Crippen MR) is 70.9 cm³/mol. The molecule has 0 spiro atoms. The molecule has 0 bridgehead atoms. The van der Waals surface area contributed by atoms with Gasteiger partial charge in [-0.2, -0.15) is 0 Å². The molecule has 2 rings (SSSR count). The number of hydrogen-bond donors (Lipinski definition) is 0. The average Bonchev–Trinajstić information content (AvgIpc) is 2.46. The van der Waals surface area contributed by atoms with Gasteiger partial charge in [0.05, 0.1) is 12.1 Å². The van der Waals surface area contributed by atoms with Crippen LogP contribution >= 0.6 is 11.6 Å². The topological polar surface area (TPSA) is 56.3 Å². The number of Topliss-reactive ketones (excluding diaryl/α,β-unsaturated/α-hetero) is 2. The number of hydrogen-bond acceptors (Lipinski definition) is 4. The highest BCUT2D eigenvalue weighted by molar-refractivity contribution is 6.49. The van der Waals surface area contributed by atoms with E-state index in [0.717, 1.165) is 0 Å². The maximum atomic E-state index is 12.0. The van der Waals surface area contributed by atoms with Crippen molar-refractivity contribution in [3.63, 3.8) is 0 Å². The summed E-state index contributed by atoms with van der Waals surface area (Å²) in [5, 5.41) is 0.313. The fourth-order valence-electron chi connectivity index (χ4n) is 1.54. The van der Waals surface area contributed by atoms with Crippen LogP contribution in [-0.2, 0) is 0 Å². The fraction of sp³-hybridized carbons (Fsp3) is 0.0714. The number of aromatic nitrogens is 1. The summed E-state index contributed by atoms with van der Waals surface area (Å²) < 4.78 is 4.99. The quantitative estimate of drug-likeness (QED) is 0.636. The summed E-state index contributed by atoms with van der Waals surface area (Å²) in [6.45, 7) is 0. The molecule has 0 aliphatic heterocycles. The molecule has 19 heavy (non-hydrogen) atoms. The summed E-state index contributed by atoms with van der Waals surface area (Å²) in [5.41, 5.74) is 0.471. The van der Waals surface area contributed by atoms with Crippen LogP contribution in [0, 0.1) is 0 Å². The zero-order chi connectivity index (χ0) is 13.8. The number of rotatable bonds is 4. The predicted octanol–water partition coefficient (Wildman–Crippen LogP) is 2.81. The van der Waals surface area contributed by atoms with E-state index in [0.29, 0.717) is 16.3 Å². The van der Waals surface area contributed by atoms with Gasteiger partial charge in [0.1, 0.15) is 5.75 Å². The minimum absolute atomic E-state index is 0.174. The number of benzene rings is 1. The molecule has 0 aliphatic carbocycles. The second kappa shape index (κ2) is 5.63. The Labute approximate surface area is 115 Å². The van der Waals surface area contributed by atoms with E-state index >= 15 is 0 Å². The Morgan fingerprint density at radius 3 is 2.26 bits per heavy atom. The van der Waals surface area contributed by atoms with Crippen LogP contribution in [0.4, 0.5) is 0 Å². The van der Waals surface area contributed by atoms with Gasteiger partial charge in [0, 0.05) is 23.5 Å². The Morgan fingerprint density at radius 1 is 1.05 bits per heavy atom. The molecule has 0 atom stereocenters. The number of ketones is 2. The maximum absolute atomic E-state index is 12.0. The SMILES string of the molecule is COc1ccc(C(=O)C(=O)c2cncc(Cl)c2)cc1. The van der Waals surface area contributed by atoms with Crippen LogP contribution in [0.2, 0.25) is 5.02 Å². The molecule has 1 heterocycles. The van der Waals surface area contributed by atoms with Crippen molar-refractivity contribution in [3.05, 3.63) is 58.9 Å². The van der Waals surface area contributed by atoms with E-state index in [9.17, 15) is 9.59 Å². The number of carbonyl (C=O) groups excluding carboxylic acids is 2. The van der Waals surface area contributed by atoms with Gasteiger partial charge in [0.25, 0.3) is 0 Å². The van der Waals surface area contributed by atoms with Gasteiger partial charge in [-0.3, -0.25) is 14.6 Å². The van der Waals surface area contributed by atoms with Crippen LogP contribution in [0.5, 0.6) is 5.75 Å². The first-order chi connectivity index (χ1) is 9.11. The summed E-state index contributed by atoms with van der Waals surface area (Å²) >= 11 is 5.74. The van der Waals surface area contributed by atoms with Gasteiger partial charge >= 0.3 is 0 Å². The molecule has 0 saturated carbocycles. The van der Waals surface area contributed by atoms with Gasteiger partial charge < -0.3 is 4.74 Å². The molecule has 0 saturated heterocycles. The number of nitrogens with zero attached hydrogens (tertiary/aromatic N) is 1. The van der Waals surface area contributed by atoms with Crippen LogP contribution in [0.1, 0.15) is 20.7 Å². The normalized spacial score (nSPS) is 10.0. The Balaban J connectivity index is 2.25. The molecule has 96 valence electrons. The lowest BCUT2D eigenvalue weighted by Crippen LogP contribution is -2.14. The van der Waals surface area contributed by atoms with Gasteiger partial charge in [0.15, 0.2) is 0 Å². The number of pyridine rings is 1. The van der Waals surface area contributed by atoms with Crippen molar-refractivity contribution in [2.45, 2.75) is 0 Å². The van der Waals surface area contributed by atoms with E-state index in [2.05, 4.69) is 4.98 Å². The van der Waals surface area contributed by atoms with Gasteiger partial charge in [-0.1, -0.05) is 11.6 Å². The molecule has 0 radical (unpaired) electrons. The summed E-state index contributed by atoms with van der Waals surface area (Å²) in [5.74, 6) is -0.625. The molecule has 0 N–H and O–H groups in total. The second-order valence-corrected chi connectivity index (χ2v) is 4.22. The number of carbonyl (C=O) groups is 2. The highest BCUT2D eigenvalue weighted by Crippen LogP contribution is 2.15. The Kier molecular flexibility index (Phi) is 3.92. The first-order valence-electron chi connectivity index (χ1n) is 5.45. The molecule has 0 unspecified atom stereocenters. The Morgan fingerprint density at radius 2 is 1.68 bits per heavy atom. The van der Waals surface area contributed by atoms with Crippen molar-refractivity contribution in [1.29, 1.82) is 0 Å². The van der Waals surface area contributed by atoms with E-state index < -0.39 is 11.6 Å². The first kappa shape index (κ1) is 13.2. The monoisotopic (exact) mass is 275 g/mol. The summed E-state index contributed by atoms with van der Waals surface area (Å²) in [6.07, 6.45) is 2.71. The molecule has 2 aromatic rings. The average molecular weight is 276 g/mol. The number of ether oxygens (including phenoxy) is 1. The third kappa shape index (κ3) is 2.98. The Bertz CT molecular complexity index is 623. The van der Waals surface area contributed by atoms with Gasteiger partial charge in [-0.15, -0.1) is 0 Å². The highest BCUT2D eigenvalue weighted by Gasteiger charge is 2.18. The van der Waals surface area contributed by atoms with Crippen molar-refractivity contribution in [3.8, 4) is 5.75 Å². The van der Waals surface area contributed by atoms with Gasteiger partial charge in [-0.05, 0) is 30.3 Å². The van der Waals surface area contributed by atoms with E-state index in [1.807, 2.05) is 0 Å². The molecule has 1 aromatic heterocycles. The van der Waals surface area contributed by atoms with E-state index in [4.69, 9.17) is 16.3 Å². The standard InChI is InChI=1S/C14H10ClNO3/c1-19-12-4-2-9(3-5-12)13(17)14(18)10-6-11(15)8-16-7-10/h2-8H,1H3. The maximum Gasteiger partial charge on any atom is 0.235 e. The third-order valence-corrected chi connectivity index (χ3v) is 2.73. The zero-order valence-electron chi connectivity index (χ0n) is 10.1. The molecular weight excluding hydrogens is 266 g/mol. The third-order valence-electron chi connectivity index (χ3n) is 2.53. The van der Waals surface area contributed by atoms with Crippen molar-refractivity contribution in [2.75, 3.05) is 7.11 Å². The van der Waals surface area contributed by atoms with Gasteiger partial charge in [-0.25, -0.2) is 0 Å². The molecular formula is C14H10ClNO3. The number of methoxy groups -OCH3 is 1. The zero-order valence-corrected chi connectivity index (χ0v) is 10.8. The van der Waals surface area contributed by atoms with Crippen molar-refractivity contribution in [2.24, 2.45) is 0 Å². The first-order valence-corrected chi connectivity index (χ1v) is 5.83. The van der Waals surface area contributed by atoms with E-state index in [1.165, 1.54) is 37.7 Å². The lowest BCUT2D eigenvalue weighted by atomic mass is 10.0. The van der Waals surface area contributed by atoms with Crippen LogP contribution in [0.25, 0.3) is 0 Å². The fourth-order valence-corrected chi connectivity index (χ4v) is 1.71. The molecule has 4 nitrogen and oxygen atoms in total. The minimum Gasteiger partial charge on any atom is -0.497 e. The lowest BCUT2D eigenvalue weighted by molar-refractivity contribution is 0.0816. The lowest BCUT2D eigenvalue weighted by Gasteiger charge is -2.02. The summed E-state index contributed by atoms with van der Waals surface area (Å²) in [4.78, 5) is 27.8. The Hall–Kier alpha value is -2.20. The van der Waals surface area contributed by atoms with Crippen molar-refractivity contribution in [1.82, 2.24) is 4.98 Å². The van der Waals surface area contributed by atoms with Crippen molar-refractivity contribution < 1.29 is 14.3 Å². The number of halogens is 1. The molecule has 0 aliphatic rings. The minimum atomic E-state index is -0.639. The van der Waals surface area contributed by atoms with Crippen LogP contribution in [0.15, 0.2) is 42.7 Å². The second-order valence-electron chi connectivity index (χ2n) is 3.78. The molecule has 0 amide bonds. The molecule has 5 heteroatoms. The van der Waals surface area contributed by atoms with Crippen LogP contribution in [-0.4, -0.2) is 23.7 Å². The summed E-state index contributed by atoms with van der Waals surface area (Å²) in [6, 6.07) is 7.74. The van der Waals surface area contributed by atoms with E-state index in [1.54, 1.807) is 12.1 Å². The highest BCUT2D eigenvalue weighted by atomic mass is 35.5. The van der Waals surface area contributed by atoms with Gasteiger partial charge in [0.2, 0.25) is 11.6 Å². The summed E-state index contributed by atoms with van der Waals surface area (Å²) in [7, 11) is 1.53. The van der Waals surface area contributed by atoms with Crippen LogP contribution < -0.4 is 4.74 Å². The molecule has 1 aromatic carbocycles. The van der Waals surface area contributed by atoms with E-state index in [-0.39, 0.29) is 5.56 Å². The molecule has 0 fully saturated rings. The largest absolute Gasteiger partial charge is 0.497 e. The van der Waals surface area contributed by atoms with Crippen LogP contribution in [0.3, 0.4) is 0 Å².